The van der Waals surface area contributed by atoms with E-state index in [2.05, 4.69) is 11.5 Å². The van der Waals surface area contributed by atoms with E-state index in [0.29, 0.717) is 30.6 Å². The van der Waals surface area contributed by atoms with Gasteiger partial charge in [-0.05, 0) is 44.5 Å². The number of imidazole rings is 1. The molecule has 1 fully saturated rings. The summed E-state index contributed by atoms with van der Waals surface area (Å²) in [6, 6.07) is 15.0. The van der Waals surface area contributed by atoms with Gasteiger partial charge in [-0.15, -0.1) is 0 Å². The van der Waals surface area contributed by atoms with Crippen LogP contribution in [0, 0.1) is 0 Å². The molecule has 2 aliphatic heterocycles. The number of anilines is 1. The second-order valence-electron chi connectivity index (χ2n) is 8.87. The average molecular weight is 446 g/mol. The van der Waals surface area contributed by atoms with Crippen molar-refractivity contribution in [2.45, 2.75) is 45.4 Å². The molecule has 33 heavy (non-hydrogen) atoms. The molecule has 0 spiro atoms. The van der Waals surface area contributed by atoms with Crippen LogP contribution in [-0.4, -0.2) is 56.3 Å². The van der Waals surface area contributed by atoms with Gasteiger partial charge >= 0.3 is 0 Å². The predicted molar refractivity (Wildman–Crippen MR) is 124 cm³/mol. The summed E-state index contributed by atoms with van der Waals surface area (Å²) in [5.41, 5.74) is 2.15. The van der Waals surface area contributed by atoms with Crippen LogP contribution < -0.4 is 4.90 Å². The number of fused-ring (bicyclic) bond motifs is 4. The zero-order chi connectivity index (χ0) is 23.3. The van der Waals surface area contributed by atoms with Crippen LogP contribution in [0.5, 0.6) is 0 Å². The van der Waals surface area contributed by atoms with E-state index in [1.807, 2.05) is 37.3 Å². The monoisotopic (exact) mass is 445 g/mol. The number of carbonyl (C=O) groups is 3. The van der Waals surface area contributed by atoms with E-state index in [-0.39, 0.29) is 24.3 Å². The molecule has 3 amide bonds. The first-order valence-electron chi connectivity index (χ1n) is 11.3. The normalized spacial score (nSPS) is 19.7. The van der Waals surface area contributed by atoms with Gasteiger partial charge in [0.25, 0.3) is 5.91 Å². The smallest absolute Gasteiger partial charge is 0.258 e. The quantitative estimate of drug-likeness (QED) is 0.605. The molecule has 1 unspecified atom stereocenters. The molecule has 1 saturated heterocycles. The summed E-state index contributed by atoms with van der Waals surface area (Å²) < 4.78 is 2.10. The highest BCUT2D eigenvalue weighted by atomic mass is 16.2. The fourth-order valence-electron chi connectivity index (χ4n) is 5.10. The molecule has 0 bridgehead atoms. The van der Waals surface area contributed by atoms with Crippen LogP contribution in [0.4, 0.5) is 5.69 Å². The second-order valence-corrected chi connectivity index (χ2v) is 8.87. The van der Waals surface area contributed by atoms with Gasteiger partial charge in [-0.3, -0.25) is 19.3 Å². The van der Waals surface area contributed by atoms with Gasteiger partial charge < -0.3 is 14.4 Å². The highest BCUT2D eigenvalue weighted by Crippen LogP contribution is 2.43. The molecule has 170 valence electrons. The number of para-hydroxylation sites is 3. The summed E-state index contributed by atoms with van der Waals surface area (Å²) >= 11 is 0. The van der Waals surface area contributed by atoms with Crippen LogP contribution in [0.25, 0.3) is 11.0 Å². The zero-order valence-electron chi connectivity index (χ0n) is 19.1. The SMILES string of the molecule is CCn1c(CN(C)C(=O)CN2C(=O)c3ccccc3N3C(=O)CCC23C)nc2ccccc21. The number of hydrogen-bond donors (Lipinski definition) is 0. The standard InChI is InChI=1S/C25H27N5O3/c1-4-28-20-12-8-6-10-18(20)26-21(28)15-27(3)23(32)16-29-24(33)17-9-5-7-11-19(17)30-22(31)13-14-25(29,30)2/h5-12H,4,13-16H2,1-3H3. The third-order valence-corrected chi connectivity index (χ3v) is 6.89. The minimum absolute atomic E-state index is 0.0279. The number of aromatic nitrogens is 2. The van der Waals surface area contributed by atoms with Gasteiger partial charge in [0.1, 0.15) is 18.0 Å². The molecule has 5 rings (SSSR count). The summed E-state index contributed by atoms with van der Waals surface area (Å²) in [4.78, 5) is 49.0. The molecular weight excluding hydrogens is 418 g/mol. The fourth-order valence-corrected chi connectivity index (χ4v) is 5.10. The summed E-state index contributed by atoms with van der Waals surface area (Å²) in [5, 5.41) is 0. The first kappa shape index (κ1) is 21.2. The third-order valence-electron chi connectivity index (χ3n) is 6.89. The molecule has 1 aromatic heterocycles. The van der Waals surface area contributed by atoms with Crippen molar-refractivity contribution in [2.24, 2.45) is 0 Å². The molecule has 0 saturated carbocycles. The van der Waals surface area contributed by atoms with Gasteiger partial charge in [-0.2, -0.15) is 0 Å². The highest BCUT2D eigenvalue weighted by Gasteiger charge is 2.53. The van der Waals surface area contributed by atoms with Gasteiger partial charge in [0, 0.05) is 20.0 Å². The number of benzene rings is 2. The number of aryl methyl sites for hydroxylation is 1. The molecule has 0 radical (unpaired) electrons. The van der Waals surface area contributed by atoms with E-state index in [9.17, 15) is 14.4 Å². The Morgan fingerprint density at radius 2 is 1.85 bits per heavy atom. The molecular formula is C25H27N5O3. The minimum Gasteiger partial charge on any atom is -0.337 e. The Morgan fingerprint density at radius 1 is 1.12 bits per heavy atom. The Hall–Kier alpha value is -3.68. The largest absolute Gasteiger partial charge is 0.337 e. The van der Waals surface area contributed by atoms with E-state index >= 15 is 0 Å². The molecule has 1 atom stereocenters. The Labute approximate surface area is 192 Å². The van der Waals surface area contributed by atoms with E-state index < -0.39 is 5.66 Å². The maximum Gasteiger partial charge on any atom is 0.258 e. The lowest BCUT2D eigenvalue weighted by Crippen LogP contribution is -2.63. The maximum atomic E-state index is 13.4. The zero-order valence-corrected chi connectivity index (χ0v) is 19.1. The number of rotatable bonds is 5. The van der Waals surface area contributed by atoms with Crippen molar-refractivity contribution >= 4 is 34.4 Å². The maximum absolute atomic E-state index is 13.4. The van der Waals surface area contributed by atoms with Gasteiger partial charge in [0.15, 0.2) is 0 Å². The van der Waals surface area contributed by atoms with E-state index in [1.54, 1.807) is 39.9 Å². The first-order chi connectivity index (χ1) is 15.8. The molecule has 3 aromatic rings. The van der Waals surface area contributed by atoms with Crippen LogP contribution in [0.1, 0.15) is 42.9 Å². The second kappa shape index (κ2) is 7.72. The third kappa shape index (κ3) is 3.20. The van der Waals surface area contributed by atoms with Crippen LogP contribution in [0.2, 0.25) is 0 Å². The lowest BCUT2D eigenvalue weighted by atomic mass is 9.98. The average Bonchev–Trinajstić information content (AvgIpc) is 3.32. The number of carbonyl (C=O) groups excluding carboxylic acids is 3. The topological polar surface area (TPSA) is 78.8 Å². The summed E-state index contributed by atoms with van der Waals surface area (Å²) in [6.07, 6.45) is 0.841. The number of hydrogen-bond acceptors (Lipinski definition) is 4. The Kier molecular flexibility index (Phi) is 4.96. The van der Waals surface area contributed by atoms with Gasteiger partial charge in [-0.25, -0.2) is 4.98 Å². The minimum atomic E-state index is -0.852. The fraction of sp³-hybridized carbons (Fsp3) is 0.360. The van der Waals surface area contributed by atoms with E-state index in [1.165, 1.54) is 0 Å². The van der Waals surface area contributed by atoms with Crippen molar-refractivity contribution in [2.75, 3.05) is 18.5 Å². The lowest BCUT2D eigenvalue weighted by molar-refractivity contribution is -0.132. The van der Waals surface area contributed by atoms with Crippen LogP contribution in [0.15, 0.2) is 48.5 Å². The highest BCUT2D eigenvalue weighted by molar-refractivity contribution is 6.11. The first-order valence-corrected chi connectivity index (χ1v) is 11.3. The molecule has 0 aliphatic carbocycles. The molecule has 2 aliphatic rings. The van der Waals surface area contributed by atoms with Crippen molar-refractivity contribution in [3.8, 4) is 0 Å². The van der Waals surface area contributed by atoms with E-state index in [0.717, 1.165) is 23.4 Å². The van der Waals surface area contributed by atoms with Gasteiger partial charge in [0.05, 0.1) is 28.8 Å². The van der Waals surface area contributed by atoms with Crippen LogP contribution >= 0.6 is 0 Å². The summed E-state index contributed by atoms with van der Waals surface area (Å²) in [7, 11) is 1.73. The molecule has 8 heteroatoms. The van der Waals surface area contributed by atoms with E-state index in [4.69, 9.17) is 4.98 Å². The molecule has 2 aromatic carbocycles. The number of amides is 3. The summed E-state index contributed by atoms with van der Waals surface area (Å²) in [6.45, 7) is 4.90. The van der Waals surface area contributed by atoms with Crippen LogP contribution in [-0.2, 0) is 22.7 Å². The van der Waals surface area contributed by atoms with Crippen molar-refractivity contribution in [1.82, 2.24) is 19.4 Å². The van der Waals surface area contributed by atoms with Crippen molar-refractivity contribution in [3.63, 3.8) is 0 Å². The Morgan fingerprint density at radius 3 is 2.64 bits per heavy atom. The predicted octanol–water partition coefficient (Wildman–Crippen LogP) is 3.01. The Balaban J connectivity index is 1.41. The molecule has 8 nitrogen and oxygen atoms in total. The van der Waals surface area contributed by atoms with Crippen molar-refractivity contribution in [1.29, 1.82) is 0 Å². The van der Waals surface area contributed by atoms with Crippen LogP contribution in [0.3, 0.4) is 0 Å². The summed E-state index contributed by atoms with van der Waals surface area (Å²) in [5.74, 6) is 0.355. The lowest BCUT2D eigenvalue weighted by Gasteiger charge is -2.48. The molecule has 3 heterocycles. The van der Waals surface area contributed by atoms with Gasteiger partial charge in [0.2, 0.25) is 11.8 Å². The molecule has 0 N–H and O–H groups in total. The van der Waals surface area contributed by atoms with Crippen molar-refractivity contribution < 1.29 is 14.4 Å². The van der Waals surface area contributed by atoms with Crippen molar-refractivity contribution in [3.05, 3.63) is 59.9 Å². The number of nitrogens with zero attached hydrogens (tertiary/aromatic N) is 5. The van der Waals surface area contributed by atoms with Gasteiger partial charge in [-0.1, -0.05) is 24.3 Å². The number of likely N-dealkylation sites (N-methyl/N-ethyl adjacent to an activating group) is 1. The Bertz CT molecular complexity index is 1280.